The van der Waals surface area contributed by atoms with E-state index in [1.807, 2.05) is 0 Å². The van der Waals surface area contributed by atoms with Gasteiger partial charge in [0.05, 0.1) is 5.92 Å². The highest BCUT2D eigenvalue weighted by Gasteiger charge is 2.18. The molecule has 0 heteroatoms. The predicted molar refractivity (Wildman–Crippen MR) is 224 cm³/mol. The predicted octanol–water partition coefficient (Wildman–Crippen LogP) is 11.8. The van der Waals surface area contributed by atoms with Crippen LogP contribution in [0.3, 0.4) is 0 Å². The lowest BCUT2D eigenvalue weighted by atomic mass is 9.84. The van der Waals surface area contributed by atoms with Crippen LogP contribution in [-0.2, 0) is 0 Å². The van der Waals surface area contributed by atoms with Gasteiger partial charge in [-0.25, -0.2) is 0 Å². The van der Waals surface area contributed by atoms with Gasteiger partial charge in [-0.3, -0.25) is 0 Å². The number of benzene rings is 7. The van der Waals surface area contributed by atoms with Crippen molar-refractivity contribution in [3.63, 3.8) is 0 Å². The fourth-order valence-electron chi connectivity index (χ4n) is 8.19. The van der Waals surface area contributed by atoms with Crippen LogP contribution in [0.4, 0.5) is 0 Å². The quantitative estimate of drug-likeness (QED) is 0.127. The summed E-state index contributed by atoms with van der Waals surface area (Å²) in [5.41, 5.74) is 9.84. The molecule has 0 N–H and O–H groups in total. The number of terminal acetylenes is 1. The topological polar surface area (TPSA) is 0 Å². The Balaban J connectivity index is 1.15. The minimum Gasteiger partial charge on any atom is -0.119 e. The molecule has 0 spiro atoms. The maximum absolute atomic E-state index is 6.07. The van der Waals surface area contributed by atoms with Gasteiger partial charge in [-0.2, -0.15) is 0 Å². The Labute approximate surface area is 305 Å². The average molecular weight is 663 g/mol. The third-order valence-corrected chi connectivity index (χ3v) is 10.8. The van der Waals surface area contributed by atoms with Crippen LogP contribution in [0.5, 0.6) is 0 Å². The smallest absolute Gasteiger partial charge is 0.0633 e. The maximum atomic E-state index is 6.07. The summed E-state index contributed by atoms with van der Waals surface area (Å²) < 4.78 is 0. The van der Waals surface area contributed by atoms with Gasteiger partial charge >= 0.3 is 0 Å². The molecule has 52 heavy (non-hydrogen) atoms. The number of hydrogen-bond acceptors (Lipinski definition) is 0. The molecule has 2 unspecified atom stereocenters. The van der Waals surface area contributed by atoms with E-state index in [-0.39, 0.29) is 5.92 Å². The Morgan fingerprint density at radius 3 is 2.13 bits per heavy atom. The van der Waals surface area contributed by atoms with Crippen LogP contribution in [0, 0.1) is 18.3 Å². The average Bonchev–Trinajstić information content (AvgIpc) is 3.21. The Kier molecular flexibility index (Phi) is 8.11. The number of allylic oxidation sites excluding steroid dienone is 8. The lowest BCUT2D eigenvalue weighted by Gasteiger charge is -2.20. The molecule has 0 aromatic heterocycles. The second kappa shape index (κ2) is 13.4. The summed E-state index contributed by atoms with van der Waals surface area (Å²) in [5, 5.41) is 10.2. The first-order valence-corrected chi connectivity index (χ1v) is 18.2. The number of rotatable bonds is 5. The van der Waals surface area contributed by atoms with Crippen LogP contribution in [0.2, 0.25) is 0 Å². The largest absolute Gasteiger partial charge is 0.119 e. The molecule has 0 bridgehead atoms. The molecule has 0 nitrogen and oxygen atoms in total. The highest BCUT2D eigenvalue weighted by molar-refractivity contribution is 6.18. The molecule has 246 valence electrons. The van der Waals surface area contributed by atoms with Gasteiger partial charge < -0.3 is 0 Å². The van der Waals surface area contributed by atoms with Gasteiger partial charge in [0.25, 0.3) is 0 Å². The van der Waals surface area contributed by atoms with Crippen molar-refractivity contribution in [3.8, 4) is 23.5 Å². The van der Waals surface area contributed by atoms with Crippen molar-refractivity contribution in [2.45, 2.75) is 19.3 Å². The Hall–Kier alpha value is -6.42. The second-order valence-corrected chi connectivity index (χ2v) is 14.0. The molecule has 0 radical (unpaired) electrons. The summed E-state index contributed by atoms with van der Waals surface area (Å²) in [5.74, 6) is 3.27. The zero-order valence-electron chi connectivity index (χ0n) is 29.3. The molecular formula is C52H38. The molecule has 0 fully saturated rings. The van der Waals surface area contributed by atoms with E-state index in [4.69, 9.17) is 6.42 Å². The summed E-state index contributed by atoms with van der Waals surface area (Å²) in [6.45, 7) is 2.23. The molecule has 9 rings (SSSR count). The van der Waals surface area contributed by atoms with E-state index >= 15 is 0 Å². The second-order valence-electron chi connectivity index (χ2n) is 14.0. The minimum atomic E-state index is -0.0797. The van der Waals surface area contributed by atoms with Gasteiger partial charge in [0.15, 0.2) is 0 Å². The van der Waals surface area contributed by atoms with Crippen LogP contribution in [-0.4, -0.2) is 0 Å². The molecule has 0 aliphatic heterocycles. The van der Waals surface area contributed by atoms with Gasteiger partial charge in [0, 0.05) is 5.92 Å². The number of fused-ring (bicyclic) bond motifs is 4. The molecule has 0 heterocycles. The maximum Gasteiger partial charge on any atom is 0.0633 e. The van der Waals surface area contributed by atoms with Crippen LogP contribution in [0.1, 0.15) is 36.0 Å². The molecule has 7 aromatic carbocycles. The van der Waals surface area contributed by atoms with Gasteiger partial charge in [-0.05, 0) is 113 Å². The molecule has 2 atom stereocenters. The zero-order chi connectivity index (χ0) is 35.0. The first-order chi connectivity index (χ1) is 25.6. The molecule has 0 amide bonds. The van der Waals surface area contributed by atoms with Crippen LogP contribution in [0.15, 0.2) is 175 Å². The van der Waals surface area contributed by atoms with Crippen LogP contribution < -0.4 is 10.4 Å². The van der Waals surface area contributed by atoms with Crippen molar-refractivity contribution in [2.24, 2.45) is 5.92 Å². The monoisotopic (exact) mass is 662 g/mol. The summed E-state index contributed by atoms with van der Waals surface area (Å²) >= 11 is 0. The standard InChI is InChI=1S/C52H38/c1-3-36-25-28-44(45-30-27-38-14-5-7-16-40(38)32-45)33-42(36)24-23-35(2)51-47-19-8-10-21-49(47)52(50-22-11-9-20-48(50)51)46-18-12-17-41(34-46)43-29-26-37-13-4-6-15-39(37)31-43/h1,4-28,30-34,36,43H,29H2,2H3/b35-23+,42-24-. The van der Waals surface area contributed by atoms with E-state index in [0.717, 1.165) is 12.0 Å². The van der Waals surface area contributed by atoms with Gasteiger partial charge in [0.2, 0.25) is 0 Å². The van der Waals surface area contributed by atoms with Crippen molar-refractivity contribution >= 4 is 55.6 Å². The lowest BCUT2D eigenvalue weighted by molar-refractivity contribution is 0.921. The van der Waals surface area contributed by atoms with Crippen molar-refractivity contribution in [1.29, 1.82) is 0 Å². The first-order valence-electron chi connectivity index (χ1n) is 18.2. The summed E-state index contributed by atoms with van der Waals surface area (Å²) in [6, 6.07) is 50.9. The van der Waals surface area contributed by atoms with Crippen molar-refractivity contribution in [3.05, 3.63) is 203 Å². The van der Waals surface area contributed by atoms with E-state index < -0.39 is 0 Å². The van der Waals surface area contributed by atoms with E-state index in [1.165, 1.54) is 81.7 Å². The first kappa shape index (κ1) is 31.6. The van der Waals surface area contributed by atoms with E-state index in [0.29, 0.717) is 5.92 Å². The summed E-state index contributed by atoms with van der Waals surface area (Å²) in [6.07, 6.45) is 23.0. The SMILES string of the molecule is C#CC1C=CC(c2ccc3ccccc3c2)=C/C1=C/C=C(\C)c1c2ccccc2c(-c2cccc(C3C=c4ccccc4=CC3)c2)c2ccccc12. The van der Waals surface area contributed by atoms with E-state index in [9.17, 15) is 0 Å². The van der Waals surface area contributed by atoms with Crippen molar-refractivity contribution < 1.29 is 0 Å². The molecular weight excluding hydrogens is 625 g/mol. The highest BCUT2D eigenvalue weighted by atomic mass is 14.2. The van der Waals surface area contributed by atoms with Gasteiger partial charge in [-0.1, -0.05) is 176 Å². The van der Waals surface area contributed by atoms with Crippen LogP contribution in [0.25, 0.3) is 66.7 Å². The fourth-order valence-corrected chi connectivity index (χ4v) is 8.19. The normalized spacial score (nSPS) is 17.7. The minimum absolute atomic E-state index is 0.0797. The van der Waals surface area contributed by atoms with E-state index in [1.54, 1.807) is 0 Å². The van der Waals surface area contributed by atoms with Gasteiger partial charge in [-0.15, -0.1) is 6.42 Å². The summed E-state index contributed by atoms with van der Waals surface area (Å²) in [4.78, 5) is 0. The summed E-state index contributed by atoms with van der Waals surface area (Å²) in [7, 11) is 0. The zero-order valence-corrected chi connectivity index (χ0v) is 29.3. The van der Waals surface area contributed by atoms with Gasteiger partial charge in [0.1, 0.15) is 0 Å². The Morgan fingerprint density at radius 2 is 1.37 bits per heavy atom. The van der Waals surface area contributed by atoms with E-state index in [2.05, 4.69) is 195 Å². The third kappa shape index (κ3) is 5.72. The van der Waals surface area contributed by atoms with Crippen molar-refractivity contribution in [1.82, 2.24) is 0 Å². The van der Waals surface area contributed by atoms with Crippen LogP contribution >= 0.6 is 0 Å². The lowest BCUT2D eigenvalue weighted by Crippen LogP contribution is -2.27. The highest BCUT2D eigenvalue weighted by Crippen LogP contribution is 2.43. The molecule has 2 aliphatic carbocycles. The Bertz CT molecular complexity index is 2790. The molecule has 7 aromatic rings. The van der Waals surface area contributed by atoms with Crippen molar-refractivity contribution in [2.75, 3.05) is 0 Å². The number of hydrogen-bond donors (Lipinski definition) is 0. The molecule has 2 aliphatic rings. The fraction of sp³-hybridized carbons (Fsp3) is 0.0769. The molecule has 0 saturated heterocycles. The third-order valence-electron chi connectivity index (χ3n) is 10.8. The molecule has 0 saturated carbocycles. The Morgan fingerprint density at radius 1 is 0.673 bits per heavy atom.